The third-order valence-electron chi connectivity index (χ3n) is 4.80. The maximum Gasteiger partial charge on any atom is 0.407 e. The molecule has 2 unspecified atom stereocenters. The Morgan fingerprint density at radius 3 is 2.39 bits per heavy atom. The Morgan fingerprint density at radius 1 is 1.16 bits per heavy atom. The molecule has 1 saturated heterocycles. The molecule has 0 radical (unpaired) electrons. The van der Waals surface area contributed by atoms with Gasteiger partial charge in [-0.1, -0.05) is 23.7 Å². The van der Waals surface area contributed by atoms with Crippen molar-refractivity contribution in [3.8, 4) is 5.88 Å². The van der Waals surface area contributed by atoms with Gasteiger partial charge in [0.15, 0.2) is 0 Å². The van der Waals surface area contributed by atoms with E-state index in [2.05, 4.69) is 20.2 Å². The molecule has 1 amide bonds. The maximum atomic E-state index is 12.2. The Kier molecular flexibility index (Phi) is 7.38. The Morgan fingerprint density at radius 2 is 1.84 bits per heavy atom. The zero-order valence-corrected chi connectivity index (χ0v) is 19.5. The lowest BCUT2D eigenvalue weighted by Crippen LogP contribution is -2.41. The second-order valence-electron chi connectivity index (χ2n) is 9.04. The van der Waals surface area contributed by atoms with Crippen molar-refractivity contribution in [1.29, 1.82) is 0 Å². The fourth-order valence-corrected chi connectivity index (χ4v) is 3.75. The monoisotopic (exact) mass is 446 g/mol. The van der Waals surface area contributed by atoms with Gasteiger partial charge in [-0.25, -0.2) is 14.8 Å². The number of nitrogens with zero attached hydrogens (tertiary/aromatic N) is 3. The van der Waals surface area contributed by atoms with Crippen LogP contribution in [0.3, 0.4) is 0 Å². The quantitative estimate of drug-likeness (QED) is 0.653. The lowest BCUT2D eigenvalue weighted by Gasteiger charge is -2.29. The van der Waals surface area contributed by atoms with Gasteiger partial charge >= 0.3 is 6.09 Å². The number of hydrogen-bond acceptors (Lipinski definition) is 6. The summed E-state index contributed by atoms with van der Waals surface area (Å²) in [5.41, 5.74) is 1.52. The molecule has 0 spiro atoms. The molecular formula is C23H31ClN4O3. The van der Waals surface area contributed by atoms with Crippen LogP contribution in [0.2, 0.25) is 5.15 Å². The molecule has 1 aliphatic rings. The van der Waals surface area contributed by atoms with Crippen molar-refractivity contribution in [1.82, 2.24) is 20.2 Å². The van der Waals surface area contributed by atoms with Crippen LogP contribution in [0.4, 0.5) is 4.79 Å². The second kappa shape index (κ2) is 9.83. The van der Waals surface area contributed by atoms with Crippen LogP contribution in [-0.2, 0) is 4.74 Å². The molecule has 2 aromatic rings. The summed E-state index contributed by atoms with van der Waals surface area (Å²) in [4.78, 5) is 23.2. The molecule has 7 nitrogen and oxygen atoms in total. The van der Waals surface area contributed by atoms with Gasteiger partial charge in [-0.15, -0.1) is 0 Å². The molecular weight excluding hydrogens is 416 g/mol. The van der Waals surface area contributed by atoms with Crippen LogP contribution in [0.15, 0.2) is 36.7 Å². The summed E-state index contributed by atoms with van der Waals surface area (Å²) in [6.45, 7) is 11.0. The number of carbonyl (C=O) groups excluding carboxylic acids is 1. The molecule has 1 N–H and O–H groups in total. The summed E-state index contributed by atoms with van der Waals surface area (Å²) in [7, 11) is 0. The van der Waals surface area contributed by atoms with E-state index in [1.807, 2.05) is 59.0 Å². The van der Waals surface area contributed by atoms with Gasteiger partial charge < -0.3 is 14.8 Å². The molecule has 2 atom stereocenters. The Bertz CT molecular complexity index is 866. The van der Waals surface area contributed by atoms with E-state index in [4.69, 9.17) is 21.1 Å². The van der Waals surface area contributed by atoms with E-state index >= 15 is 0 Å². The maximum absolute atomic E-state index is 12.2. The molecule has 0 aromatic carbocycles. The van der Waals surface area contributed by atoms with Crippen molar-refractivity contribution in [3.63, 3.8) is 0 Å². The fraction of sp³-hybridized carbons (Fsp3) is 0.522. The molecule has 1 fully saturated rings. The first-order chi connectivity index (χ1) is 14.6. The van der Waals surface area contributed by atoms with Crippen LogP contribution in [-0.4, -0.2) is 51.8 Å². The molecule has 3 heterocycles. The van der Waals surface area contributed by atoms with Crippen molar-refractivity contribution >= 4 is 17.7 Å². The predicted octanol–water partition coefficient (Wildman–Crippen LogP) is 4.61. The number of likely N-dealkylation sites (tertiary alicyclic amines) is 1. The van der Waals surface area contributed by atoms with Gasteiger partial charge in [-0.2, -0.15) is 0 Å². The largest absolute Gasteiger partial charge is 0.475 e. The Hall–Kier alpha value is -2.38. The number of hydrogen-bond donors (Lipinski definition) is 1. The van der Waals surface area contributed by atoms with E-state index < -0.39 is 5.60 Å². The molecule has 2 aromatic heterocycles. The van der Waals surface area contributed by atoms with E-state index in [-0.39, 0.29) is 24.3 Å². The Balaban J connectivity index is 1.78. The highest BCUT2D eigenvalue weighted by molar-refractivity contribution is 6.29. The van der Waals surface area contributed by atoms with Crippen LogP contribution >= 0.6 is 11.6 Å². The number of pyridine rings is 2. The number of aromatic nitrogens is 2. The highest BCUT2D eigenvalue weighted by atomic mass is 35.5. The first-order valence-corrected chi connectivity index (χ1v) is 11.0. The van der Waals surface area contributed by atoms with E-state index in [0.717, 1.165) is 24.1 Å². The highest BCUT2D eigenvalue weighted by Crippen LogP contribution is 2.32. The summed E-state index contributed by atoms with van der Waals surface area (Å²) in [5.74, 6) is 0.595. The summed E-state index contributed by atoms with van der Waals surface area (Å²) in [5, 5.41) is 3.44. The topological polar surface area (TPSA) is 76.6 Å². The van der Waals surface area contributed by atoms with Gasteiger partial charge in [0.05, 0.1) is 12.1 Å². The van der Waals surface area contributed by atoms with Gasteiger partial charge in [-0.05, 0) is 58.2 Å². The second-order valence-corrected chi connectivity index (χ2v) is 9.43. The highest BCUT2D eigenvalue weighted by Gasteiger charge is 2.32. The predicted molar refractivity (Wildman–Crippen MR) is 120 cm³/mol. The van der Waals surface area contributed by atoms with Crippen molar-refractivity contribution in [2.24, 2.45) is 0 Å². The molecule has 1 aliphatic heterocycles. The van der Waals surface area contributed by atoms with E-state index in [1.54, 1.807) is 12.3 Å². The van der Waals surface area contributed by atoms with Gasteiger partial charge in [0.2, 0.25) is 5.88 Å². The molecule has 168 valence electrons. The number of ether oxygens (including phenoxy) is 2. The fourth-order valence-electron chi connectivity index (χ4n) is 3.64. The third-order valence-corrected chi connectivity index (χ3v) is 5.03. The molecule has 0 aliphatic carbocycles. The van der Waals surface area contributed by atoms with Crippen LogP contribution in [0.5, 0.6) is 5.88 Å². The van der Waals surface area contributed by atoms with E-state index in [9.17, 15) is 4.79 Å². The zero-order valence-electron chi connectivity index (χ0n) is 18.8. The lowest BCUT2D eigenvalue weighted by molar-refractivity contribution is 0.0505. The van der Waals surface area contributed by atoms with Crippen LogP contribution in [0, 0.1) is 0 Å². The molecule has 3 rings (SSSR count). The molecule has 0 bridgehead atoms. The van der Waals surface area contributed by atoms with Crippen molar-refractivity contribution < 1.29 is 14.3 Å². The SMILES string of the molecule is CC(C)Oc1ccc(C(c2ccc(Cl)nc2)N2CCC(NC(=O)OC(C)(C)C)C2)cn1. The number of nitrogens with one attached hydrogen (secondary N) is 1. The zero-order chi connectivity index (χ0) is 22.6. The summed E-state index contributed by atoms with van der Waals surface area (Å²) < 4.78 is 11.1. The Labute approximate surface area is 189 Å². The smallest absolute Gasteiger partial charge is 0.407 e. The van der Waals surface area contributed by atoms with Gasteiger partial charge in [0.25, 0.3) is 0 Å². The lowest BCUT2D eigenvalue weighted by atomic mass is 10.0. The minimum Gasteiger partial charge on any atom is -0.475 e. The van der Waals surface area contributed by atoms with Crippen molar-refractivity contribution in [2.45, 2.75) is 64.8 Å². The average Bonchev–Trinajstić information content (AvgIpc) is 3.10. The summed E-state index contributed by atoms with van der Waals surface area (Å²) >= 11 is 6.01. The normalized spacial score (nSPS) is 18.1. The third kappa shape index (κ3) is 6.80. The number of alkyl carbamates (subject to hydrolysis) is 1. The molecule has 8 heteroatoms. The van der Waals surface area contributed by atoms with Gasteiger partial charge in [0.1, 0.15) is 10.8 Å². The van der Waals surface area contributed by atoms with Crippen molar-refractivity contribution in [3.05, 3.63) is 52.9 Å². The minimum absolute atomic E-state index is 0.00844. The number of carbonyl (C=O) groups is 1. The number of halogens is 1. The van der Waals surface area contributed by atoms with Crippen LogP contribution < -0.4 is 10.1 Å². The molecule has 31 heavy (non-hydrogen) atoms. The van der Waals surface area contributed by atoms with E-state index in [1.165, 1.54) is 0 Å². The average molecular weight is 447 g/mol. The minimum atomic E-state index is -0.522. The van der Waals surface area contributed by atoms with Gasteiger partial charge in [-0.3, -0.25) is 4.90 Å². The van der Waals surface area contributed by atoms with E-state index in [0.29, 0.717) is 17.6 Å². The molecule has 0 saturated carbocycles. The first kappa shape index (κ1) is 23.3. The summed E-state index contributed by atoms with van der Waals surface area (Å²) in [6, 6.07) is 7.63. The van der Waals surface area contributed by atoms with Crippen molar-refractivity contribution in [2.75, 3.05) is 13.1 Å². The van der Waals surface area contributed by atoms with Gasteiger partial charge in [0, 0.05) is 37.6 Å². The van der Waals surface area contributed by atoms with Crippen LogP contribution in [0.1, 0.15) is 58.2 Å². The van der Waals surface area contributed by atoms with Crippen LogP contribution in [0.25, 0.3) is 0 Å². The summed E-state index contributed by atoms with van der Waals surface area (Å²) in [6.07, 6.45) is 4.14. The number of amides is 1. The first-order valence-electron chi connectivity index (χ1n) is 10.6. The standard InChI is InChI=1S/C23H31ClN4O3/c1-15(2)30-20-9-7-17(13-26-20)21(16-6-8-19(24)25-12-16)28-11-10-18(14-28)27-22(29)31-23(3,4)5/h6-9,12-13,15,18,21H,10-11,14H2,1-5H3,(H,27,29). The number of rotatable bonds is 6.